The van der Waals surface area contributed by atoms with Gasteiger partial charge in [-0.1, -0.05) is 25.5 Å². The Morgan fingerprint density at radius 1 is 0.921 bits per heavy atom. The lowest BCUT2D eigenvalue weighted by Gasteiger charge is -2.27. The van der Waals surface area contributed by atoms with Crippen LogP contribution in [0.1, 0.15) is 30.2 Å². The normalized spacial score (nSPS) is 11.4. The van der Waals surface area contributed by atoms with Gasteiger partial charge >= 0.3 is 0 Å². The Morgan fingerprint density at radius 2 is 1.66 bits per heavy atom. The minimum absolute atomic E-state index is 0.136. The number of thiophene rings is 1. The molecule has 0 aliphatic carbocycles. The van der Waals surface area contributed by atoms with E-state index in [-0.39, 0.29) is 23.9 Å². The molecule has 38 heavy (non-hydrogen) atoms. The molecule has 3 aromatic rings. The van der Waals surface area contributed by atoms with Gasteiger partial charge in [0.15, 0.2) is 11.5 Å². The molecule has 206 valence electrons. The fraction of sp³-hybridized carbons (Fsp3) is 0.393. The number of hydrogen-bond acceptors (Lipinski definition) is 7. The van der Waals surface area contributed by atoms with Crippen molar-refractivity contribution in [2.75, 3.05) is 41.0 Å². The Kier molecular flexibility index (Phi) is 11.0. The molecule has 8 nitrogen and oxygen atoms in total. The number of carbonyl (C=O) groups excluding carboxylic acids is 1. The second-order valence-corrected chi connectivity index (χ2v) is 11.7. The highest BCUT2D eigenvalue weighted by molar-refractivity contribution is 7.89. The summed E-state index contributed by atoms with van der Waals surface area (Å²) >= 11 is 1.57. The summed E-state index contributed by atoms with van der Waals surface area (Å²) in [4.78, 5) is 16.5. The number of nitrogens with zero attached hydrogens (tertiary/aromatic N) is 2. The van der Waals surface area contributed by atoms with Crippen LogP contribution in [-0.4, -0.2) is 64.5 Å². The maximum Gasteiger partial charge on any atom is 0.243 e. The van der Waals surface area contributed by atoms with Crippen molar-refractivity contribution in [3.8, 4) is 17.2 Å². The van der Waals surface area contributed by atoms with Crippen molar-refractivity contribution in [3.63, 3.8) is 0 Å². The molecule has 0 aliphatic rings. The molecule has 2 aromatic carbocycles. The molecule has 0 aliphatic heterocycles. The smallest absolute Gasteiger partial charge is 0.243 e. The fourth-order valence-electron chi connectivity index (χ4n) is 3.95. The predicted molar refractivity (Wildman–Crippen MR) is 150 cm³/mol. The molecule has 0 saturated heterocycles. The Morgan fingerprint density at radius 3 is 2.26 bits per heavy atom. The predicted octanol–water partition coefficient (Wildman–Crippen LogP) is 4.84. The van der Waals surface area contributed by atoms with Gasteiger partial charge in [-0.2, -0.15) is 4.31 Å². The van der Waals surface area contributed by atoms with E-state index in [1.54, 1.807) is 42.6 Å². The van der Waals surface area contributed by atoms with Gasteiger partial charge in [0, 0.05) is 18.0 Å². The zero-order chi connectivity index (χ0) is 27.5. The molecule has 0 unspecified atom stereocenters. The molecule has 0 bridgehead atoms. The maximum absolute atomic E-state index is 13.6. The average Bonchev–Trinajstić information content (AvgIpc) is 3.46. The summed E-state index contributed by atoms with van der Waals surface area (Å²) in [6.45, 7) is 2.86. The van der Waals surface area contributed by atoms with Crippen LogP contribution in [0.5, 0.6) is 17.2 Å². The van der Waals surface area contributed by atoms with Gasteiger partial charge < -0.3 is 19.1 Å². The summed E-state index contributed by atoms with van der Waals surface area (Å²) in [6, 6.07) is 15.8. The van der Waals surface area contributed by atoms with Crippen molar-refractivity contribution in [1.29, 1.82) is 0 Å². The lowest BCUT2D eigenvalue weighted by atomic mass is 10.1. The fourth-order valence-corrected chi connectivity index (χ4v) is 6.10. The van der Waals surface area contributed by atoms with E-state index in [1.807, 2.05) is 42.6 Å². The molecule has 3 rings (SSSR count). The van der Waals surface area contributed by atoms with E-state index in [9.17, 15) is 13.2 Å². The molecule has 10 heteroatoms. The topological polar surface area (TPSA) is 85.4 Å². The molecular formula is C28H36N2O6S2. The van der Waals surface area contributed by atoms with E-state index >= 15 is 0 Å². The molecule has 0 N–H and O–H groups in total. The quantitative estimate of drug-likeness (QED) is 0.265. The van der Waals surface area contributed by atoms with Crippen molar-refractivity contribution >= 4 is 27.3 Å². The Balaban J connectivity index is 1.82. The summed E-state index contributed by atoms with van der Waals surface area (Å²) in [5.74, 6) is 1.58. The van der Waals surface area contributed by atoms with Crippen molar-refractivity contribution in [3.05, 3.63) is 70.4 Å². The van der Waals surface area contributed by atoms with Gasteiger partial charge in [0.2, 0.25) is 15.9 Å². The third kappa shape index (κ3) is 7.72. The minimum Gasteiger partial charge on any atom is -0.497 e. The summed E-state index contributed by atoms with van der Waals surface area (Å²) in [5.41, 5.74) is 0.986. The largest absolute Gasteiger partial charge is 0.497 e. The Bertz CT molecular complexity index is 1260. The van der Waals surface area contributed by atoms with Crippen LogP contribution in [0.2, 0.25) is 0 Å². The van der Waals surface area contributed by atoms with Gasteiger partial charge in [0.25, 0.3) is 0 Å². The number of amides is 1. The van der Waals surface area contributed by atoms with Gasteiger partial charge in [-0.3, -0.25) is 4.79 Å². The van der Waals surface area contributed by atoms with Gasteiger partial charge in [-0.05, 0) is 66.2 Å². The van der Waals surface area contributed by atoms with Crippen molar-refractivity contribution < 1.29 is 27.4 Å². The van der Waals surface area contributed by atoms with Gasteiger partial charge in [-0.15, -0.1) is 11.3 Å². The molecule has 0 atom stereocenters. The Labute approximate surface area is 229 Å². The molecule has 1 aromatic heterocycles. The number of methoxy groups -OCH3 is 3. The van der Waals surface area contributed by atoms with Crippen LogP contribution in [-0.2, 0) is 27.8 Å². The molecule has 0 fully saturated rings. The number of rotatable bonds is 15. The highest BCUT2D eigenvalue weighted by atomic mass is 32.2. The number of unbranched alkanes of at least 4 members (excludes halogenated alkanes) is 1. The zero-order valence-corrected chi connectivity index (χ0v) is 24.0. The van der Waals surface area contributed by atoms with Crippen molar-refractivity contribution in [1.82, 2.24) is 9.21 Å². The number of carbonyl (C=O) groups is 1. The van der Waals surface area contributed by atoms with Crippen LogP contribution in [0.4, 0.5) is 0 Å². The molecule has 0 radical (unpaired) electrons. The number of sulfonamides is 1. The first-order chi connectivity index (χ1) is 18.3. The van der Waals surface area contributed by atoms with E-state index < -0.39 is 10.0 Å². The minimum atomic E-state index is -3.87. The lowest BCUT2D eigenvalue weighted by Crippen LogP contribution is -2.43. The van der Waals surface area contributed by atoms with Crippen LogP contribution in [0.3, 0.4) is 0 Å². The van der Waals surface area contributed by atoms with Crippen LogP contribution >= 0.6 is 11.3 Å². The summed E-state index contributed by atoms with van der Waals surface area (Å²) in [7, 11) is 0.830. The highest BCUT2D eigenvalue weighted by Crippen LogP contribution is 2.28. The maximum atomic E-state index is 13.6. The van der Waals surface area contributed by atoms with E-state index in [1.165, 1.54) is 23.5 Å². The van der Waals surface area contributed by atoms with Crippen LogP contribution < -0.4 is 14.2 Å². The van der Waals surface area contributed by atoms with E-state index in [0.29, 0.717) is 43.2 Å². The van der Waals surface area contributed by atoms with Gasteiger partial charge in [0.1, 0.15) is 5.75 Å². The standard InChI is InChI=1S/C28H36N2O6S2/c1-5-6-16-30(38(32,33)25-12-10-23(34-2)11-13-25)21-28(31)29(20-24-8-7-18-37-24)17-15-22-9-14-26(35-3)27(19-22)36-4/h7-14,18-19H,5-6,15-17,20-21H2,1-4H3. The molecule has 1 heterocycles. The number of benzene rings is 2. The molecule has 1 amide bonds. The lowest BCUT2D eigenvalue weighted by molar-refractivity contribution is -0.132. The third-order valence-corrected chi connectivity index (χ3v) is 8.89. The molecule has 0 saturated carbocycles. The number of hydrogen-bond donors (Lipinski definition) is 0. The monoisotopic (exact) mass is 560 g/mol. The highest BCUT2D eigenvalue weighted by Gasteiger charge is 2.28. The van der Waals surface area contributed by atoms with Crippen LogP contribution in [0.15, 0.2) is 64.9 Å². The van der Waals surface area contributed by atoms with Gasteiger partial charge in [0.05, 0.1) is 39.3 Å². The van der Waals surface area contributed by atoms with Crippen molar-refractivity contribution in [2.45, 2.75) is 37.6 Å². The van der Waals surface area contributed by atoms with Crippen molar-refractivity contribution in [2.24, 2.45) is 0 Å². The second-order valence-electron chi connectivity index (χ2n) is 8.70. The Hall–Kier alpha value is -3.08. The summed E-state index contributed by atoms with van der Waals surface area (Å²) in [6.07, 6.45) is 2.04. The SMILES string of the molecule is CCCCN(CC(=O)N(CCc1ccc(OC)c(OC)c1)Cc1cccs1)S(=O)(=O)c1ccc(OC)cc1. The zero-order valence-electron chi connectivity index (χ0n) is 22.4. The summed E-state index contributed by atoms with van der Waals surface area (Å²) < 4.78 is 44.2. The van der Waals surface area contributed by atoms with E-state index in [2.05, 4.69) is 0 Å². The van der Waals surface area contributed by atoms with E-state index in [0.717, 1.165) is 16.9 Å². The first-order valence-electron chi connectivity index (χ1n) is 12.5. The second kappa shape index (κ2) is 14.2. The molecule has 0 spiro atoms. The summed E-state index contributed by atoms with van der Waals surface area (Å²) in [5, 5.41) is 1.97. The first-order valence-corrected chi connectivity index (χ1v) is 14.8. The number of ether oxygens (including phenoxy) is 3. The van der Waals surface area contributed by atoms with Crippen LogP contribution in [0.25, 0.3) is 0 Å². The van der Waals surface area contributed by atoms with Crippen LogP contribution in [0, 0.1) is 0 Å². The van der Waals surface area contributed by atoms with E-state index in [4.69, 9.17) is 14.2 Å². The average molecular weight is 561 g/mol. The first kappa shape index (κ1) is 29.5. The van der Waals surface area contributed by atoms with Gasteiger partial charge in [-0.25, -0.2) is 8.42 Å². The molecular weight excluding hydrogens is 524 g/mol. The third-order valence-electron chi connectivity index (χ3n) is 6.17.